The number of carboxylic acids is 1. The van der Waals surface area contributed by atoms with Crippen LogP contribution in [-0.4, -0.2) is 24.3 Å². The van der Waals surface area contributed by atoms with E-state index in [1.165, 1.54) is 102 Å². The third-order valence-corrected chi connectivity index (χ3v) is 6.40. The number of amides is 1. The Hall–Kier alpha value is -3.30. The van der Waals surface area contributed by atoms with Crippen LogP contribution in [0.4, 0.5) is 17.6 Å². The summed E-state index contributed by atoms with van der Waals surface area (Å²) in [7, 11) is 0. The van der Waals surface area contributed by atoms with Gasteiger partial charge in [-0.15, -0.1) is 0 Å². The van der Waals surface area contributed by atoms with Crippen molar-refractivity contribution < 1.29 is 36.8 Å². The van der Waals surface area contributed by atoms with Gasteiger partial charge in [0.1, 0.15) is 18.3 Å². The maximum absolute atomic E-state index is 12.9. The monoisotopic (exact) mass is 581 g/mol. The number of hydrazone groups is 1. The molecule has 1 aromatic heterocycles. The maximum Gasteiger partial charge on any atom is 0.430 e. The number of carbonyl (C=O) groups excluding carboxylic acids is 2. The molecule has 0 spiro atoms. The van der Waals surface area contributed by atoms with E-state index in [-0.39, 0.29) is 11.7 Å². The Kier molecular flexibility index (Phi) is 18.7. The van der Waals surface area contributed by atoms with Crippen LogP contribution >= 0.6 is 0 Å². The fourth-order valence-corrected chi connectivity index (χ4v) is 4.03. The zero-order valence-electron chi connectivity index (χ0n) is 23.9. The van der Waals surface area contributed by atoms with Crippen LogP contribution in [0, 0.1) is 5.82 Å². The number of aryl methyl sites for hydroxylation is 1. The first-order chi connectivity index (χ1) is 19.6. The molecule has 0 radical (unpaired) electrons. The lowest BCUT2D eigenvalue weighted by molar-refractivity contribution is -0.697. The van der Waals surface area contributed by atoms with E-state index in [0.29, 0.717) is 5.56 Å². The van der Waals surface area contributed by atoms with Crippen molar-refractivity contribution in [2.75, 3.05) is 0 Å². The van der Waals surface area contributed by atoms with Gasteiger partial charge in [0, 0.05) is 18.6 Å². The average Bonchev–Trinajstić information content (AvgIpc) is 2.94. The third kappa shape index (κ3) is 18.6. The lowest BCUT2D eigenvalue weighted by Gasteiger charge is -2.03. The van der Waals surface area contributed by atoms with Gasteiger partial charge >= 0.3 is 6.18 Å². The summed E-state index contributed by atoms with van der Waals surface area (Å²) in [4.78, 5) is 21.0. The summed E-state index contributed by atoms with van der Waals surface area (Å²) in [5.74, 6) is -3.57. The number of benzene rings is 1. The van der Waals surface area contributed by atoms with Crippen molar-refractivity contribution in [3.63, 3.8) is 0 Å². The van der Waals surface area contributed by atoms with Crippen molar-refractivity contribution >= 4 is 18.1 Å². The van der Waals surface area contributed by atoms with E-state index in [0.717, 1.165) is 18.5 Å². The van der Waals surface area contributed by atoms with Gasteiger partial charge < -0.3 is 9.90 Å². The Bertz CT molecular complexity index is 1010. The van der Waals surface area contributed by atoms with Gasteiger partial charge in [-0.1, -0.05) is 96.1 Å². The second-order valence-electron chi connectivity index (χ2n) is 9.96. The number of carbonyl (C=O) groups is 2. The number of rotatable bonds is 18. The summed E-state index contributed by atoms with van der Waals surface area (Å²) < 4.78 is 46.6. The molecule has 0 unspecified atom stereocenters. The minimum atomic E-state index is -5.19. The predicted octanol–water partition coefficient (Wildman–Crippen LogP) is 6.66. The number of nitrogens with zero attached hydrogens (tertiary/aromatic N) is 2. The molecule has 228 valence electrons. The van der Waals surface area contributed by atoms with E-state index in [1.54, 1.807) is 12.1 Å². The summed E-state index contributed by atoms with van der Waals surface area (Å²) in [5.41, 5.74) is 3.79. The number of aromatic nitrogens is 1. The maximum atomic E-state index is 12.9. The smallest absolute Gasteiger partial charge is 0.430 e. The second kappa shape index (κ2) is 21.4. The lowest BCUT2D eigenvalue weighted by Crippen LogP contribution is -2.37. The third-order valence-electron chi connectivity index (χ3n) is 6.40. The highest BCUT2D eigenvalue weighted by Gasteiger charge is 2.28. The lowest BCUT2D eigenvalue weighted by atomic mass is 10.0. The predicted molar refractivity (Wildman–Crippen MR) is 149 cm³/mol. The van der Waals surface area contributed by atoms with Gasteiger partial charge in [-0.2, -0.15) is 18.3 Å². The zero-order chi connectivity index (χ0) is 30.3. The number of halogens is 4. The molecule has 1 amide bonds. The standard InChI is InChI=1S/C29H42FN3O.C2HF3O2/c1-2-3-4-5-6-7-8-9-10-11-12-13-14-15-22-33-23-20-27(21-24-33)29(34)32-31-25-26-16-18-28(30)19-17-26;3-2(4,5)1(6)7/h16-21,23-25H,2-15,22H2,1H3;(H,6,7). The molecule has 2 aromatic rings. The Morgan fingerprint density at radius 1 is 0.805 bits per heavy atom. The number of carboxylic acid groups (broad SMARTS) is 1. The first-order valence-electron chi connectivity index (χ1n) is 14.5. The Morgan fingerprint density at radius 3 is 1.68 bits per heavy atom. The number of nitrogens with one attached hydrogen (secondary N) is 1. The molecule has 0 atom stereocenters. The van der Waals surface area contributed by atoms with Gasteiger partial charge in [0.15, 0.2) is 12.4 Å². The van der Waals surface area contributed by atoms with Crippen molar-refractivity contribution in [2.45, 2.75) is 110 Å². The van der Waals surface area contributed by atoms with Crippen LogP contribution in [0.25, 0.3) is 0 Å². The van der Waals surface area contributed by atoms with E-state index in [4.69, 9.17) is 9.90 Å². The molecule has 0 saturated carbocycles. The van der Waals surface area contributed by atoms with Crippen LogP contribution in [-0.2, 0) is 11.3 Å². The molecule has 10 heteroatoms. The van der Waals surface area contributed by atoms with E-state index in [9.17, 15) is 22.4 Å². The molecule has 0 aliphatic carbocycles. The number of pyridine rings is 1. The van der Waals surface area contributed by atoms with Crippen LogP contribution in [0.2, 0.25) is 0 Å². The van der Waals surface area contributed by atoms with Crippen molar-refractivity contribution in [1.82, 2.24) is 5.43 Å². The minimum Gasteiger partial charge on any atom is -0.542 e. The Labute approximate surface area is 240 Å². The molecule has 1 N–H and O–H groups in total. The number of hydrogen-bond acceptors (Lipinski definition) is 4. The van der Waals surface area contributed by atoms with E-state index in [1.807, 2.05) is 24.5 Å². The summed E-state index contributed by atoms with van der Waals surface area (Å²) in [5, 5.41) is 12.7. The minimum absolute atomic E-state index is 0.262. The fraction of sp³-hybridized carbons (Fsp3) is 0.548. The van der Waals surface area contributed by atoms with E-state index >= 15 is 0 Å². The van der Waals surface area contributed by atoms with Gasteiger partial charge in [-0.05, 0) is 24.1 Å². The molecular weight excluding hydrogens is 538 g/mol. The summed E-state index contributed by atoms with van der Waals surface area (Å²) in [6.07, 6.45) is 19.3. The van der Waals surface area contributed by atoms with E-state index < -0.39 is 12.1 Å². The first-order valence-corrected chi connectivity index (χ1v) is 14.5. The summed E-state index contributed by atoms with van der Waals surface area (Å²) in [6, 6.07) is 9.55. The first kappa shape index (κ1) is 35.7. The molecule has 6 nitrogen and oxygen atoms in total. The topological polar surface area (TPSA) is 85.5 Å². The SMILES string of the molecule is CCCCCCCCCCCCCCCC[n+]1ccc(C(=O)NN=Cc2ccc(F)cc2)cc1.O=C([O-])C(F)(F)F. The quantitative estimate of drug-likeness (QED) is 0.0703. The average molecular weight is 582 g/mol. The molecule has 0 aliphatic heterocycles. The number of alkyl halides is 3. The van der Waals surface area contributed by atoms with Crippen molar-refractivity contribution in [3.8, 4) is 0 Å². The Morgan fingerprint density at radius 2 is 1.24 bits per heavy atom. The molecule has 1 heterocycles. The van der Waals surface area contributed by atoms with Crippen molar-refractivity contribution in [1.29, 1.82) is 0 Å². The normalized spacial score (nSPS) is 11.2. The zero-order valence-corrected chi connectivity index (χ0v) is 23.9. The molecule has 2 rings (SSSR count). The molecule has 0 fully saturated rings. The molecule has 0 saturated heterocycles. The fourth-order valence-electron chi connectivity index (χ4n) is 4.03. The molecular formula is C31H43F4N3O3. The van der Waals surface area contributed by atoms with Gasteiger partial charge in [0.2, 0.25) is 0 Å². The molecule has 1 aromatic carbocycles. The summed E-state index contributed by atoms with van der Waals surface area (Å²) in [6.45, 7) is 3.25. The van der Waals surface area contributed by atoms with Crippen LogP contribution in [0.15, 0.2) is 53.9 Å². The van der Waals surface area contributed by atoms with Gasteiger partial charge in [0.05, 0.1) is 11.8 Å². The number of aliphatic carboxylic acids is 1. The van der Waals surface area contributed by atoms with Crippen LogP contribution in [0.3, 0.4) is 0 Å². The van der Waals surface area contributed by atoms with Crippen LogP contribution in [0.5, 0.6) is 0 Å². The highest BCUT2D eigenvalue weighted by molar-refractivity contribution is 5.94. The van der Waals surface area contributed by atoms with Gasteiger partial charge in [-0.3, -0.25) is 4.79 Å². The number of hydrogen-bond donors (Lipinski definition) is 1. The second-order valence-corrected chi connectivity index (χ2v) is 9.96. The number of unbranched alkanes of at least 4 members (excludes halogenated alkanes) is 13. The van der Waals surface area contributed by atoms with Crippen LogP contribution in [0.1, 0.15) is 113 Å². The van der Waals surface area contributed by atoms with E-state index in [2.05, 4.69) is 22.0 Å². The molecule has 41 heavy (non-hydrogen) atoms. The van der Waals surface area contributed by atoms with Crippen LogP contribution < -0.4 is 15.1 Å². The van der Waals surface area contributed by atoms with Crippen molar-refractivity contribution in [2.24, 2.45) is 5.10 Å². The highest BCUT2D eigenvalue weighted by Crippen LogP contribution is 2.13. The Balaban J connectivity index is 0.00000106. The van der Waals surface area contributed by atoms with Crippen molar-refractivity contribution in [3.05, 3.63) is 65.7 Å². The van der Waals surface area contributed by atoms with Gasteiger partial charge in [-0.25, -0.2) is 14.4 Å². The van der Waals surface area contributed by atoms with Gasteiger partial charge in [0.25, 0.3) is 5.91 Å². The highest BCUT2D eigenvalue weighted by atomic mass is 19.4. The summed E-state index contributed by atoms with van der Waals surface area (Å²) >= 11 is 0. The molecule has 0 aliphatic rings. The molecule has 0 bridgehead atoms. The largest absolute Gasteiger partial charge is 0.542 e.